The van der Waals surface area contributed by atoms with Gasteiger partial charge in [-0.3, -0.25) is 19.2 Å². The standard InChI is InChI=1S/C35H43FN4O6/c1-35(2,3)21-30(34(45)38-26-12-6-23(7-13-26)9-17-31(41)42)39-33(44)28-20-24(8-16-29(28)36)22-37-32(43)25-10-14-27(15-11-25)46-19-18-40(4)5/h6-8,10-16,20,30H,9,17-19,21-22H2,1-5H3,(H,37,43)(H,38,45)(H,39,44)(H,41,42)/t30-/m0/s1. The van der Waals surface area contributed by atoms with Crippen molar-refractivity contribution in [1.29, 1.82) is 0 Å². The van der Waals surface area contributed by atoms with E-state index in [-0.39, 0.29) is 36.3 Å². The van der Waals surface area contributed by atoms with Gasteiger partial charge in [0.15, 0.2) is 0 Å². The predicted molar refractivity (Wildman–Crippen MR) is 174 cm³/mol. The normalized spacial score (nSPS) is 11.9. The van der Waals surface area contributed by atoms with E-state index in [9.17, 15) is 23.6 Å². The van der Waals surface area contributed by atoms with Gasteiger partial charge in [-0.1, -0.05) is 39.0 Å². The summed E-state index contributed by atoms with van der Waals surface area (Å²) in [5.41, 5.74) is 1.62. The molecule has 0 saturated carbocycles. The van der Waals surface area contributed by atoms with Crippen LogP contribution in [0, 0.1) is 11.2 Å². The molecule has 3 amide bonds. The van der Waals surface area contributed by atoms with Crippen LogP contribution in [-0.2, 0) is 22.6 Å². The summed E-state index contributed by atoms with van der Waals surface area (Å²) in [5, 5.41) is 17.1. The van der Waals surface area contributed by atoms with Crippen molar-refractivity contribution in [2.24, 2.45) is 5.41 Å². The molecular weight excluding hydrogens is 591 g/mol. The van der Waals surface area contributed by atoms with Gasteiger partial charge >= 0.3 is 5.97 Å². The van der Waals surface area contributed by atoms with Gasteiger partial charge in [-0.05, 0) is 92.0 Å². The van der Waals surface area contributed by atoms with Crippen LogP contribution >= 0.6 is 0 Å². The number of hydrogen-bond acceptors (Lipinski definition) is 6. The monoisotopic (exact) mass is 634 g/mol. The number of amides is 3. The number of carboxylic acid groups (broad SMARTS) is 1. The number of benzene rings is 3. The van der Waals surface area contributed by atoms with E-state index in [0.717, 1.165) is 18.2 Å². The van der Waals surface area contributed by atoms with Crippen molar-refractivity contribution < 1.29 is 33.4 Å². The summed E-state index contributed by atoms with van der Waals surface area (Å²) in [6, 6.07) is 16.5. The summed E-state index contributed by atoms with van der Waals surface area (Å²) in [5.74, 6) is -2.58. The Labute approximate surface area is 269 Å². The maximum Gasteiger partial charge on any atom is 0.303 e. The fourth-order valence-corrected chi connectivity index (χ4v) is 4.48. The van der Waals surface area contributed by atoms with Gasteiger partial charge in [-0.2, -0.15) is 0 Å². The number of rotatable bonds is 15. The Morgan fingerprint density at radius 3 is 2.17 bits per heavy atom. The van der Waals surface area contributed by atoms with Crippen LogP contribution in [0.25, 0.3) is 0 Å². The van der Waals surface area contributed by atoms with E-state index in [0.29, 0.717) is 35.6 Å². The maximum atomic E-state index is 14.8. The van der Waals surface area contributed by atoms with Crippen LogP contribution in [0.1, 0.15) is 65.5 Å². The average molecular weight is 635 g/mol. The fraction of sp³-hybridized carbons (Fsp3) is 0.371. The van der Waals surface area contributed by atoms with E-state index in [1.807, 2.05) is 39.8 Å². The first-order chi connectivity index (χ1) is 21.7. The Morgan fingerprint density at radius 2 is 1.57 bits per heavy atom. The van der Waals surface area contributed by atoms with E-state index in [2.05, 4.69) is 16.0 Å². The fourth-order valence-electron chi connectivity index (χ4n) is 4.48. The quantitative estimate of drug-likeness (QED) is 0.187. The summed E-state index contributed by atoms with van der Waals surface area (Å²) in [7, 11) is 3.90. The summed E-state index contributed by atoms with van der Waals surface area (Å²) >= 11 is 0. The molecule has 46 heavy (non-hydrogen) atoms. The van der Waals surface area contributed by atoms with Gasteiger partial charge in [0.25, 0.3) is 11.8 Å². The molecule has 3 aromatic rings. The van der Waals surface area contributed by atoms with Crippen LogP contribution in [0.5, 0.6) is 5.75 Å². The Hall–Kier alpha value is -4.77. The Morgan fingerprint density at radius 1 is 0.913 bits per heavy atom. The zero-order chi connectivity index (χ0) is 33.9. The van der Waals surface area contributed by atoms with E-state index >= 15 is 0 Å². The number of aliphatic carboxylic acids is 1. The van der Waals surface area contributed by atoms with Crippen molar-refractivity contribution in [3.63, 3.8) is 0 Å². The smallest absolute Gasteiger partial charge is 0.303 e. The maximum absolute atomic E-state index is 14.8. The van der Waals surface area contributed by atoms with Gasteiger partial charge in [-0.15, -0.1) is 0 Å². The first-order valence-electron chi connectivity index (χ1n) is 15.1. The van der Waals surface area contributed by atoms with Gasteiger partial charge in [0.1, 0.15) is 24.2 Å². The van der Waals surface area contributed by atoms with Crippen molar-refractivity contribution in [1.82, 2.24) is 15.5 Å². The number of ether oxygens (including phenoxy) is 1. The molecule has 0 aliphatic heterocycles. The van der Waals surface area contributed by atoms with Crippen LogP contribution in [0.4, 0.5) is 10.1 Å². The number of nitrogens with one attached hydrogen (secondary N) is 3. The van der Waals surface area contributed by atoms with E-state index in [4.69, 9.17) is 9.84 Å². The minimum Gasteiger partial charge on any atom is -0.492 e. The molecule has 0 bridgehead atoms. The van der Waals surface area contributed by atoms with Crippen molar-refractivity contribution in [2.75, 3.05) is 32.6 Å². The van der Waals surface area contributed by atoms with Crippen LogP contribution < -0.4 is 20.7 Å². The van der Waals surface area contributed by atoms with Gasteiger partial charge < -0.3 is 30.7 Å². The molecule has 3 rings (SSSR count). The molecule has 3 aromatic carbocycles. The number of hydrogen-bond donors (Lipinski definition) is 4. The lowest BCUT2D eigenvalue weighted by Crippen LogP contribution is -2.46. The third-order valence-corrected chi connectivity index (χ3v) is 6.94. The molecule has 0 aromatic heterocycles. The van der Waals surface area contributed by atoms with Crippen molar-refractivity contribution in [3.8, 4) is 5.75 Å². The first kappa shape index (κ1) is 35.7. The molecule has 0 aliphatic carbocycles. The lowest BCUT2D eigenvalue weighted by molar-refractivity contribution is -0.137. The van der Waals surface area contributed by atoms with Crippen molar-refractivity contribution in [2.45, 2.75) is 52.6 Å². The lowest BCUT2D eigenvalue weighted by atomic mass is 9.87. The van der Waals surface area contributed by atoms with Gasteiger partial charge in [-0.25, -0.2) is 4.39 Å². The summed E-state index contributed by atoms with van der Waals surface area (Å²) < 4.78 is 20.5. The number of nitrogens with zero attached hydrogens (tertiary/aromatic N) is 1. The van der Waals surface area contributed by atoms with Crippen LogP contribution in [0.3, 0.4) is 0 Å². The number of halogens is 1. The third kappa shape index (κ3) is 12.0. The van der Waals surface area contributed by atoms with Gasteiger partial charge in [0.2, 0.25) is 5.91 Å². The number of aryl methyl sites for hydroxylation is 1. The van der Waals surface area contributed by atoms with E-state index in [1.165, 1.54) is 12.1 Å². The summed E-state index contributed by atoms with van der Waals surface area (Å²) in [6.07, 6.45) is 0.635. The highest BCUT2D eigenvalue weighted by Crippen LogP contribution is 2.23. The molecule has 0 fully saturated rings. The Kier molecular flexibility index (Phi) is 12.8. The molecule has 0 heterocycles. The number of anilines is 1. The zero-order valence-electron chi connectivity index (χ0n) is 27.0. The molecule has 1 atom stereocenters. The Balaban J connectivity index is 1.64. The third-order valence-electron chi connectivity index (χ3n) is 6.94. The predicted octanol–water partition coefficient (Wildman–Crippen LogP) is 4.89. The molecule has 10 nitrogen and oxygen atoms in total. The average Bonchev–Trinajstić information content (AvgIpc) is 2.99. The number of carbonyl (C=O) groups excluding carboxylic acids is 3. The second-order valence-corrected chi connectivity index (χ2v) is 12.5. The molecule has 11 heteroatoms. The second kappa shape index (κ2) is 16.5. The highest BCUT2D eigenvalue weighted by molar-refractivity contribution is 6.01. The number of likely N-dealkylation sites (N-methyl/N-ethyl adjacent to an activating group) is 1. The number of carboxylic acids is 1. The molecule has 0 spiro atoms. The summed E-state index contributed by atoms with van der Waals surface area (Å²) in [6.45, 7) is 7.10. The van der Waals surface area contributed by atoms with Crippen LogP contribution in [0.2, 0.25) is 0 Å². The lowest BCUT2D eigenvalue weighted by Gasteiger charge is -2.26. The Bertz CT molecular complexity index is 1500. The highest BCUT2D eigenvalue weighted by atomic mass is 19.1. The molecular formula is C35H43FN4O6. The topological polar surface area (TPSA) is 137 Å². The molecule has 0 saturated heterocycles. The zero-order valence-corrected chi connectivity index (χ0v) is 27.0. The molecule has 0 radical (unpaired) electrons. The van der Waals surface area contributed by atoms with Crippen LogP contribution in [0.15, 0.2) is 66.7 Å². The first-order valence-corrected chi connectivity index (χ1v) is 15.1. The number of carbonyl (C=O) groups is 4. The molecule has 4 N–H and O–H groups in total. The van der Waals surface area contributed by atoms with E-state index < -0.39 is 29.6 Å². The second-order valence-electron chi connectivity index (χ2n) is 12.5. The largest absolute Gasteiger partial charge is 0.492 e. The van der Waals surface area contributed by atoms with Gasteiger partial charge in [0, 0.05) is 30.8 Å². The van der Waals surface area contributed by atoms with Gasteiger partial charge in [0.05, 0.1) is 5.56 Å². The minimum absolute atomic E-state index is 0.00313. The SMILES string of the molecule is CN(C)CCOc1ccc(C(=O)NCc2ccc(F)c(C(=O)N[C@@H](CC(C)(C)C)C(=O)Nc3ccc(CCC(=O)O)cc3)c2)cc1. The summed E-state index contributed by atoms with van der Waals surface area (Å²) in [4.78, 5) is 52.1. The molecule has 0 aliphatic rings. The highest BCUT2D eigenvalue weighted by Gasteiger charge is 2.28. The van der Waals surface area contributed by atoms with Crippen molar-refractivity contribution in [3.05, 3.63) is 94.8 Å². The van der Waals surface area contributed by atoms with E-state index in [1.54, 1.807) is 48.5 Å². The molecule has 0 unspecified atom stereocenters. The van der Waals surface area contributed by atoms with Crippen molar-refractivity contribution >= 4 is 29.4 Å². The van der Waals surface area contributed by atoms with Crippen LogP contribution in [-0.4, -0.2) is 67.0 Å². The molecule has 246 valence electrons. The minimum atomic E-state index is -0.975.